The molecule has 1 aromatic heterocycles. The van der Waals surface area contributed by atoms with Gasteiger partial charge in [0.05, 0.1) is 5.52 Å². The zero-order valence-corrected chi connectivity index (χ0v) is 6.10. The van der Waals surface area contributed by atoms with E-state index in [4.69, 9.17) is 10.2 Å². The molecule has 2 aromatic rings. The molecular weight excluding hydrogens is 158 g/mol. The standard InChI is InChI=1S/C8H7NO3/c10-6-1-2-7-5(3-6)4-8(11)9(7)12/h1-4,10-12H. The summed E-state index contributed by atoms with van der Waals surface area (Å²) in [6.07, 6.45) is 0. The van der Waals surface area contributed by atoms with Gasteiger partial charge in [-0.2, -0.15) is 4.73 Å². The summed E-state index contributed by atoms with van der Waals surface area (Å²) in [5.74, 6) is -0.135. The Hall–Kier alpha value is -1.84. The van der Waals surface area contributed by atoms with E-state index in [0.717, 1.165) is 0 Å². The van der Waals surface area contributed by atoms with Crippen LogP contribution in [0, 0.1) is 0 Å². The molecule has 0 saturated carbocycles. The van der Waals surface area contributed by atoms with Crippen LogP contribution in [0.4, 0.5) is 0 Å². The zero-order chi connectivity index (χ0) is 8.72. The van der Waals surface area contributed by atoms with Crippen LogP contribution in [-0.2, 0) is 0 Å². The molecule has 4 heteroatoms. The van der Waals surface area contributed by atoms with Crippen molar-refractivity contribution in [3.05, 3.63) is 24.3 Å². The number of phenolic OH excluding ortho intramolecular Hbond substituents is 1. The van der Waals surface area contributed by atoms with Crippen LogP contribution in [0.25, 0.3) is 10.9 Å². The van der Waals surface area contributed by atoms with Crippen molar-refractivity contribution in [3.63, 3.8) is 0 Å². The Balaban J connectivity index is 2.87. The molecule has 0 fully saturated rings. The Morgan fingerprint density at radius 3 is 2.58 bits per heavy atom. The number of nitrogens with zero attached hydrogens (tertiary/aromatic N) is 1. The molecule has 1 aromatic carbocycles. The average Bonchev–Trinajstić information content (AvgIpc) is 2.28. The number of aromatic hydroxyl groups is 2. The molecule has 0 bridgehead atoms. The lowest BCUT2D eigenvalue weighted by atomic mass is 10.2. The van der Waals surface area contributed by atoms with Crippen molar-refractivity contribution in [2.75, 3.05) is 0 Å². The fourth-order valence-electron chi connectivity index (χ4n) is 1.17. The van der Waals surface area contributed by atoms with Gasteiger partial charge in [-0.15, -0.1) is 0 Å². The fraction of sp³-hybridized carbons (Fsp3) is 0. The van der Waals surface area contributed by atoms with Gasteiger partial charge in [-0.25, -0.2) is 0 Å². The lowest BCUT2D eigenvalue weighted by Gasteiger charge is -1.95. The van der Waals surface area contributed by atoms with Gasteiger partial charge in [0.1, 0.15) is 5.75 Å². The first kappa shape index (κ1) is 6.84. The molecule has 0 spiro atoms. The van der Waals surface area contributed by atoms with Crippen LogP contribution in [0.15, 0.2) is 24.3 Å². The van der Waals surface area contributed by atoms with Gasteiger partial charge < -0.3 is 15.4 Å². The molecule has 62 valence electrons. The summed E-state index contributed by atoms with van der Waals surface area (Å²) in [6, 6.07) is 5.79. The predicted molar refractivity (Wildman–Crippen MR) is 42.5 cm³/mol. The molecule has 0 unspecified atom stereocenters. The molecule has 0 amide bonds. The van der Waals surface area contributed by atoms with Crippen molar-refractivity contribution < 1.29 is 15.4 Å². The van der Waals surface area contributed by atoms with E-state index in [1.807, 2.05) is 0 Å². The Morgan fingerprint density at radius 2 is 1.83 bits per heavy atom. The number of aromatic nitrogens is 1. The molecule has 1 heterocycles. The smallest absolute Gasteiger partial charge is 0.225 e. The first-order valence-corrected chi connectivity index (χ1v) is 3.41. The summed E-state index contributed by atoms with van der Waals surface area (Å²) >= 11 is 0. The Morgan fingerprint density at radius 1 is 1.08 bits per heavy atom. The first-order valence-electron chi connectivity index (χ1n) is 3.41. The van der Waals surface area contributed by atoms with E-state index >= 15 is 0 Å². The van der Waals surface area contributed by atoms with Crippen molar-refractivity contribution in [2.45, 2.75) is 0 Å². The van der Waals surface area contributed by atoms with Crippen LogP contribution in [0.5, 0.6) is 11.6 Å². The van der Waals surface area contributed by atoms with Gasteiger partial charge in [0.15, 0.2) is 0 Å². The zero-order valence-electron chi connectivity index (χ0n) is 6.10. The van der Waals surface area contributed by atoms with E-state index in [1.165, 1.54) is 24.3 Å². The van der Waals surface area contributed by atoms with E-state index in [0.29, 0.717) is 15.6 Å². The summed E-state index contributed by atoms with van der Waals surface area (Å²) in [5, 5.41) is 27.9. The normalized spacial score (nSPS) is 10.7. The quantitative estimate of drug-likeness (QED) is 0.515. The maximum absolute atomic E-state index is 9.17. The lowest BCUT2D eigenvalue weighted by molar-refractivity contribution is 0.167. The molecule has 0 saturated heterocycles. The number of hydrogen-bond donors (Lipinski definition) is 3. The summed E-state index contributed by atoms with van der Waals surface area (Å²) < 4.78 is 0.661. The highest BCUT2D eigenvalue weighted by Gasteiger charge is 2.05. The maximum atomic E-state index is 9.17. The number of rotatable bonds is 0. The summed E-state index contributed by atoms with van der Waals surface area (Å²) in [7, 11) is 0. The number of hydrogen-bond acceptors (Lipinski definition) is 3. The van der Waals surface area contributed by atoms with Gasteiger partial charge in [-0.05, 0) is 18.2 Å². The summed E-state index contributed by atoms with van der Waals surface area (Å²) in [4.78, 5) is 0. The first-order chi connectivity index (χ1) is 5.68. The SMILES string of the molecule is Oc1ccc2c(c1)cc(O)n2O. The van der Waals surface area contributed by atoms with Gasteiger partial charge in [0.25, 0.3) is 0 Å². The van der Waals surface area contributed by atoms with Crippen molar-refractivity contribution >= 4 is 10.9 Å². The molecule has 0 radical (unpaired) electrons. The third-order valence-corrected chi connectivity index (χ3v) is 1.74. The monoisotopic (exact) mass is 165 g/mol. The highest BCUT2D eigenvalue weighted by molar-refractivity contribution is 5.83. The third-order valence-electron chi connectivity index (χ3n) is 1.74. The highest BCUT2D eigenvalue weighted by Crippen LogP contribution is 2.25. The van der Waals surface area contributed by atoms with Crippen LogP contribution in [0.2, 0.25) is 0 Å². The molecular formula is C8H7NO3. The van der Waals surface area contributed by atoms with Gasteiger partial charge in [-0.3, -0.25) is 0 Å². The van der Waals surface area contributed by atoms with Crippen LogP contribution in [-0.4, -0.2) is 20.2 Å². The number of phenols is 1. The van der Waals surface area contributed by atoms with Crippen LogP contribution in [0.3, 0.4) is 0 Å². The van der Waals surface area contributed by atoms with Crippen LogP contribution >= 0.6 is 0 Å². The molecule has 4 nitrogen and oxygen atoms in total. The van der Waals surface area contributed by atoms with Gasteiger partial charge in [0, 0.05) is 11.5 Å². The molecule has 2 rings (SSSR count). The number of fused-ring (bicyclic) bond motifs is 1. The highest BCUT2D eigenvalue weighted by atomic mass is 16.5. The summed E-state index contributed by atoms with van der Waals surface area (Å²) in [6.45, 7) is 0. The van der Waals surface area contributed by atoms with Crippen LogP contribution < -0.4 is 0 Å². The lowest BCUT2D eigenvalue weighted by Crippen LogP contribution is -1.86. The maximum Gasteiger partial charge on any atom is 0.225 e. The van der Waals surface area contributed by atoms with Gasteiger partial charge >= 0.3 is 0 Å². The molecule has 0 aliphatic rings. The minimum atomic E-state index is -0.240. The van der Waals surface area contributed by atoms with Crippen molar-refractivity contribution in [3.8, 4) is 11.6 Å². The second-order valence-electron chi connectivity index (χ2n) is 2.56. The molecule has 0 atom stereocenters. The average molecular weight is 165 g/mol. The van der Waals surface area contributed by atoms with Gasteiger partial charge in [0.2, 0.25) is 5.88 Å². The van der Waals surface area contributed by atoms with E-state index < -0.39 is 0 Å². The van der Waals surface area contributed by atoms with Crippen LogP contribution in [0.1, 0.15) is 0 Å². The second kappa shape index (κ2) is 2.07. The number of benzene rings is 1. The molecule has 3 N–H and O–H groups in total. The van der Waals surface area contributed by atoms with Crippen molar-refractivity contribution in [1.29, 1.82) is 0 Å². The molecule has 0 aliphatic heterocycles. The minimum absolute atomic E-state index is 0.105. The second-order valence-corrected chi connectivity index (χ2v) is 2.56. The molecule has 0 aliphatic carbocycles. The van der Waals surface area contributed by atoms with E-state index in [-0.39, 0.29) is 11.6 Å². The molecule has 12 heavy (non-hydrogen) atoms. The fourth-order valence-corrected chi connectivity index (χ4v) is 1.17. The van der Waals surface area contributed by atoms with E-state index in [9.17, 15) is 5.21 Å². The Kier molecular flexibility index (Phi) is 1.18. The largest absolute Gasteiger partial charge is 0.508 e. The summed E-state index contributed by atoms with van der Waals surface area (Å²) in [5.41, 5.74) is 0.463. The van der Waals surface area contributed by atoms with E-state index in [1.54, 1.807) is 0 Å². The topological polar surface area (TPSA) is 65.6 Å². The Labute approximate surface area is 67.9 Å². The minimum Gasteiger partial charge on any atom is -0.508 e. The van der Waals surface area contributed by atoms with Crippen molar-refractivity contribution in [1.82, 2.24) is 4.73 Å². The van der Waals surface area contributed by atoms with Gasteiger partial charge in [-0.1, -0.05) is 0 Å². The third kappa shape index (κ3) is 0.780. The predicted octanol–water partition coefficient (Wildman–Crippen LogP) is 1.29. The Bertz CT molecular complexity index is 433. The van der Waals surface area contributed by atoms with Crippen molar-refractivity contribution in [2.24, 2.45) is 0 Å². The van der Waals surface area contributed by atoms with E-state index in [2.05, 4.69) is 0 Å².